The van der Waals surface area contributed by atoms with Gasteiger partial charge in [-0.3, -0.25) is 0 Å². The topological polar surface area (TPSA) is 36.3 Å². The molecule has 0 amide bonds. The van der Waals surface area contributed by atoms with Crippen LogP contribution in [0.1, 0.15) is 0 Å². The molecule has 1 aromatic heterocycles. The Hall–Kier alpha value is -2.46. The average molecular weight is 301 g/mol. The van der Waals surface area contributed by atoms with Gasteiger partial charge in [0.15, 0.2) is 17.2 Å². The van der Waals surface area contributed by atoms with Crippen LogP contribution in [0.4, 0.5) is 0 Å². The molecule has 106 valence electrons. The number of rotatable bonds is 4. The number of para-hydroxylation sites is 3. The Balaban J connectivity index is 1.87. The van der Waals surface area contributed by atoms with E-state index in [4.69, 9.17) is 21.1 Å². The molecule has 1 heterocycles. The van der Waals surface area contributed by atoms with Crippen LogP contribution < -0.4 is 9.47 Å². The maximum absolute atomic E-state index is 6.15. The van der Waals surface area contributed by atoms with Gasteiger partial charge in [0.2, 0.25) is 0 Å². The van der Waals surface area contributed by atoms with E-state index < -0.39 is 0 Å². The number of nitrogens with zero attached hydrogens (tertiary/aromatic N) is 2. The Labute approximate surface area is 127 Å². The monoisotopic (exact) mass is 300 g/mol. The molecule has 0 saturated heterocycles. The minimum atomic E-state index is 0.611. The van der Waals surface area contributed by atoms with Crippen molar-refractivity contribution in [3.63, 3.8) is 0 Å². The molecule has 4 nitrogen and oxygen atoms in total. The summed E-state index contributed by atoms with van der Waals surface area (Å²) in [5.41, 5.74) is 0.800. The molecule has 0 saturated carbocycles. The fourth-order valence-corrected chi connectivity index (χ4v) is 2.18. The Morgan fingerprint density at radius 1 is 1.00 bits per heavy atom. The van der Waals surface area contributed by atoms with Crippen LogP contribution in [0.3, 0.4) is 0 Å². The lowest BCUT2D eigenvalue weighted by molar-refractivity contribution is 0.379. The first-order valence-corrected chi connectivity index (χ1v) is 6.76. The highest BCUT2D eigenvalue weighted by Crippen LogP contribution is 2.31. The minimum absolute atomic E-state index is 0.611. The highest BCUT2D eigenvalue weighted by atomic mass is 35.5. The van der Waals surface area contributed by atoms with Gasteiger partial charge in [-0.2, -0.15) is 5.10 Å². The number of benzene rings is 2. The second-order valence-electron chi connectivity index (χ2n) is 4.32. The van der Waals surface area contributed by atoms with Crippen molar-refractivity contribution in [1.29, 1.82) is 0 Å². The summed E-state index contributed by atoms with van der Waals surface area (Å²) in [5.74, 6) is 1.92. The minimum Gasteiger partial charge on any atom is -0.493 e. The van der Waals surface area contributed by atoms with E-state index in [2.05, 4.69) is 5.10 Å². The van der Waals surface area contributed by atoms with E-state index in [0.29, 0.717) is 22.3 Å². The van der Waals surface area contributed by atoms with Gasteiger partial charge in [-0.25, -0.2) is 4.68 Å². The molecule has 21 heavy (non-hydrogen) atoms. The van der Waals surface area contributed by atoms with Crippen LogP contribution in [-0.4, -0.2) is 16.9 Å². The number of hydrogen-bond donors (Lipinski definition) is 0. The van der Waals surface area contributed by atoms with Crippen LogP contribution in [0.5, 0.6) is 17.2 Å². The lowest BCUT2D eigenvalue weighted by Crippen LogP contribution is -1.94. The maximum atomic E-state index is 6.15. The normalized spacial score (nSPS) is 10.4. The van der Waals surface area contributed by atoms with Gasteiger partial charge in [0, 0.05) is 0 Å². The zero-order valence-corrected chi connectivity index (χ0v) is 12.1. The maximum Gasteiger partial charge on any atom is 0.169 e. The predicted molar refractivity (Wildman–Crippen MR) is 81.6 cm³/mol. The highest BCUT2D eigenvalue weighted by Gasteiger charge is 2.08. The summed E-state index contributed by atoms with van der Waals surface area (Å²) < 4.78 is 12.7. The molecule has 0 aliphatic carbocycles. The van der Waals surface area contributed by atoms with Gasteiger partial charge in [-0.15, -0.1) is 0 Å². The van der Waals surface area contributed by atoms with Crippen LogP contribution in [0, 0.1) is 0 Å². The third kappa shape index (κ3) is 2.85. The zero-order chi connectivity index (χ0) is 14.7. The van der Waals surface area contributed by atoms with Crippen molar-refractivity contribution < 1.29 is 9.47 Å². The highest BCUT2D eigenvalue weighted by molar-refractivity contribution is 6.32. The van der Waals surface area contributed by atoms with E-state index in [1.54, 1.807) is 24.2 Å². The molecule has 0 aliphatic heterocycles. The lowest BCUT2D eigenvalue weighted by Gasteiger charge is -2.07. The van der Waals surface area contributed by atoms with Crippen molar-refractivity contribution in [2.45, 2.75) is 0 Å². The van der Waals surface area contributed by atoms with Crippen LogP contribution in [-0.2, 0) is 0 Å². The molecule has 0 unspecified atom stereocenters. The van der Waals surface area contributed by atoms with Gasteiger partial charge in [0.1, 0.15) is 0 Å². The summed E-state index contributed by atoms with van der Waals surface area (Å²) in [6, 6.07) is 14.9. The second-order valence-corrected chi connectivity index (χ2v) is 4.73. The van der Waals surface area contributed by atoms with Crippen molar-refractivity contribution in [2.24, 2.45) is 0 Å². The van der Waals surface area contributed by atoms with Crippen molar-refractivity contribution >= 4 is 11.6 Å². The molecular weight excluding hydrogens is 288 g/mol. The van der Waals surface area contributed by atoms with Crippen molar-refractivity contribution in [1.82, 2.24) is 9.78 Å². The number of methoxy groups -OCH3 is 1. The Kier molecular flexibility index (Phi) is 3.79. The molecule has 0 atom stereocenters. The Morgan fingerprint density at radius 2 is 1.71 bits per heavy atom. The number of halogens is 1. The fourth-order valence-electron chi connectivity index (χ4n) is 1.96. The first-order valence-electron chi connectivity index (χ1n) is 6.38. The molecular formula is C16H13ClN2O2. The Bertz CT molecular complexity index is 755. The smallest absolute Gasteiger partial charge is 0.169 e. The third-order valence-corrected chi connectivity index (χ3v) is 3.27. The molecule has 0 bridgehead atoms. The zero-order valence-electron chi connectivity index (χ0n) is 11.4. The molecule has 0 aliphatic rings. The van der Waals surface area contributed by atoms with Gasteiger partial charge in [-0.05, 0) is 24.3 Å². The van der Waals surface area contributed by atoms with Gasteiger partial charge >= 0.3 is 0 Å². The summed E-state index contributed by atoms with van der Waals surface area (Å²) >= 11 is 6.15. The molecule has 0 radical (unpaired) electrons. The van der Waals surface area contributed by atoms with E-state index in [1.165, 1.54) is 0 Å². The van der Waals surface area contributed by atoms with Crippen LogP contribution >= 0.6 is 11.6 Å². The van der Waals surface area contributed by atoms with Crippen LogP contribution in [0.25, 0.3) is 5.69 Å². The van der Waals surface area contributed by atoms with Gasteiger partial charge in [-0.1, -0.05) is 35.9 Å². The third-order valence-electron chi connectivity index (χ3n) is 2.96. The first-order chi connectivity index (χ1) is 10.3. The predicted octanol–water partition coefficient (Wildman–Crippen LogP) is 4.33. The van der Waals surface area contributed by atoms with E-state index in [9.17, 15) is 0 Å². The number of hydrogen-bond acceptors (Lipinski definition) is 3. The number of aromatic nitrogens is 2. The van der Waals surface area contributed by atoms with E-state index >= 15 is 0 Å². The van der Waals surface area contributed by atoms with Crippen molar-refractivity contribution in [3.8, 4) is 22.9 Å². The van der Waals surface area contributed by atoms with E-state index in [0.717, 1.165) is 5.69 Å². The largest absolute Gasteiger partial charge is 0.493 e. The summed E-state index contributed by atoms with van der Waals surface area (Å²) in [5, 5.41) is 4.89. The number of ether oxygens (including phenoxy) is 2. The summed E-state index contributed by atoms with van der Waals surface area (Å²) in [7, 11) is 1.61. The summed E-state index contributed by atoms with van der Waals surface area (Å²) in [6.07, 6.45) is 3.41. The molecule has 0 fully saturated rings. The molecule has 0 N–H and O–H groups in total. The standard InChI is InChI=1S/C16H13ClN2O2/c1-20-15-8-4-5-9-16(15)21-12-10-18-19(11-12)14-7-3-2-6-13(14)17/h2-11H,1H3. The first kappa shape index (κ1) is 13.5. The van der Waals surface area contributed by atoms with Gasteiger partial charge in [0.05, 0.1) is 30.2 Å². The fraction of sp³-hybridized carbons (Fsp3) is 0.0625. The summed E-state index contributed by atoms with van der Waals surface area (Å²) in [6.45, 7) is 0. The Morgan fingerprint density at radius 3 is 2.48 bits per heavy atom. The molecule has 2 aromatic carbocycles. The molecule has 3 rings (SSSR count). The van der Waals surface area contributed by atoms with Gasteiger partial charge in [0.25, 0.3) is 0 Å². The van der Waals surface area contributed by atoms with Crippen molar-refractivity contribution in [2.75, 3.05) is 7.11 Å². The van der Waals surface area contributed by atoms with E-state index in [-0.39, 0.29) is 0 Å². The summed E-state index contributed by atoms with van der Waals surface area (Å²) in [4.78, 5) is 0. The molecule has 3 aromatic rings. The molecule has 5 heteroatoms. The van der Waals surface area contributed by atoms with E-state index in [1.807, 2.05) is 48.5 Å². The SMILES string of the molecule is COc1ccccc1Oc1cnn(-c2ccccc2Cl)c1. The quantitative estimate of drug-likeness (QED) is 0.719. The van der Waals surface area contributed by atoms with Gasteiger partial charge < -0.3 is 9.47 Å². The van der Waals surface area contributed by atoms with Crippen LogP contribution in [0.2, 0.25) is 5.02 Å². The van der Waals surface area contributed by atoms with Crippen molar-refractivity contribution in [3.05, 3.63) is 65.9 Å². The van der Waals surface area contributed by atoms with Crippen LogP contribution in [0.15, 0.2) is 60.9 Å². The molecule has 0 spiro atoms. The average Bonchev–Trinajstić information content (AvgIpc) is 2.96. The second kappa shape index (κ2) is 5.89. The lowest BCUT2D eigenvalue weighted by atomic mass is 10.3.